The minimum absolute atomic E-state index is 0.349. The Morgan fingerprint density at radius 1 is 1.40 bits per heavy atom. The summed E-state index contributed by atoms with van der Waals surface area (Å²) in [4.78, 5) is 17.7. The second-order valence-electron chi connectivity index (χ2n) is 6.22. The lowest BCUT2D eigenvalue weighted by molar-refractivity contribution is -0.119. The highest BCUT2D eigenvalue weighted by Gasteiger charge is 2.34. The van der Waals surface area contributed by atoms with Crippen LogP contribution in [0.15, 0.2) is 17.8 Å². The molecule has 1 N–H and O–H groups in total. The first kappa shape index (κ1) is 12.5. The summed E-state index contributed by atoms with van der Waals surface area (Å²) in [7, 11) is 0. The fourth-order valence-corrected chi connectivity index (χ4v) is 4.52. The Balaban J connectivity index is 1.37. The van der Waals surface area contributed by atoms with Crippen molar-refractivity contribution >= 4 is 22.1 Å². The van der Waals surface area contributed by atoms with Crippen LogP contribution in [0.4, 0.5) is 0 Å². The van der Waals surface area contributed by atoms with Crippen molar-refractivity contribution in [2.24, 2.45) is 5.92 Å². The zero-order valence-electron chi connectivity index (χ0n) is 11.4. The number of carbonyl (C=O) groups is 1. The average Bonchev–Trinajstić information content (AvgIpc) is 3.04. The molecule has 0 spiro atoms. The number of hydrogen-bond donors (Lipinski definition) is 1. The summed E-state index contributed by atoms with van der Waals surface area (Å²) in [5, 5.41) is 5.64. The van der Waals surface area contributed by atoms with Crippen LogP contribution in [0, 0.1) is 5.92 Å². The fourth-order valence-electron chi connectivity index (χ4n) is 3.80. The van der Waals surface area contributed by atoms with Gasteiger partial charge in [0.2, 0.25) is 0 Å². The van der Waals surface area contributed by atoms with Crippen molar-refractivity contribution in [1.29, 1.82) is 0 Å². The quantitative estimate of drug-likeness (QED) is 0.940. The molecule has 4 heterocycles. The van der Waals surface area contributed by atoms with E-state index in [0.29, 0.717) is 30.2 Å². The van der Waals surface area contributed by atoms with Crippen molar-refractivity contribution in [3.63, 3.8) is 0 Å². The molecule has 2 aromatic rings. The average molecular weight is 289 g/mol. The molecule has 0 aromatic carbocycles. The molecular formula is C15H19N3OS. The van der Waals surface area contributed by atoms with E-state index in [1.165, 1.54) is 25.7 Å². The number of thiazole rings is 1. The van der Waals surface area contributed by atoms with Gasteiger partial charge in [-0.3, -0.25) is 9.20 Å². The van der Waals surface area contributed by atoms with E-state index in [1.807, 2.05) is 22.2 Å². The highest BCUT2D eigenvalue weighted by molar-refractivity contribution is 7.15. The number of ketones is 1. The number of fused-ring (bicyclic) bond motifs is 3. The molecule has 2 atom stereocenters. The van der Waals surface area contributed by atoms with Crippen LogP contribution in [0.3, 0.4) is 0 Å². The summed E-state index contributed by atoms with van der Waals surface area (Å²) in [5.74, 6) is 0.937. The van der Waals surface area contributed by atoms with Gasteiger partial charge in [0.25, 0.3) is 0 Å². The molecule has 2 aliphatic rings. The molecule has 106 valence electrons. The maximum atomic E-state index is 12.2. The summed E-state index contributed by atoms with van der Waals surface area (Å²) in [5.41, 5.74) is 0.916. The van der Waals surface area contributed by atoms with Gasteiger partial charge >= 0.3 is 0 Å². The van der Waals surface area contributed by atoms with E-state index in [1.54, 1.807) is 11.3 Å². The molecule has 2 bridgehead atoms. The van der Waals surface area contributed by atoms with Crippen LogP contribution in [0.2, 0.25) is 0 Å². The van der Waals surface area contributed by atoms with Crippen LogP contribution >= 0.6 is 11.3 Å². The van der Waals surface area contributed by atoms with E-state index in [2.05, 4.69) is 10.3 Å². The van der Waals surface area contributed by atoms with Gasteiger partial charge in [0.05, 0.1) is 12.1 Å². The van der Waals surface area contributed by atoms with Crippen molar-refractivity contribution in [1.82, 2.24) is 14.7 Å². The minimum Gasteiger partial charge on any atom is -0.311 e. The van der Waals surface area contributed by atoms with E-state index >= 15 is 0 Å². The third kappa shape index (κ3) is 2.40. The van der Waals surface area contributed by atoms with Crippen LogP contribution in [0.25, 0.3) is 4.96 Å². The molecule has 2 unspecified atom stereocenters. The third-order valence-corrected chi connectivity index (χ3v) is 5.38. The van der Waals surface area contributed by atoms with E-state index in [4.69, 9.17) is 0 Å². The Bertz CT molecular complexity index is 591. The van der Waals surface area contributed by atoms with Gasteiger partial charge < -0.3 is 5.32 Å². The second-order valence-corrected chi connectivity index (χ2v) is 7.09. The molecule has 0 radical (unpaired) electrons. The Hall–Kier alpha value is -1.20. The Labute approximate surface area is 122 Å². The third-order valence-electron chi connectivity index (χ3n) is 4.61. The smallest absolute Gasteiger partial charge is 0.193 e. The number of imidazole rings is 1. The number of carbonyl (C=O) groups excluding carboxylic acids is 1. The number of nitrogens with zero attached hydrogens (tertiary/aromatic N) is 2. The van der Waals surface area contributed by atoms with E-state index in [-0.39, 0.29) is 0 Å². The standard InChI is InChI=1S/C15H19N3OS/c19-14(7-10-5-11-1-2-12(6-10)16-11)8-13-9-18-3-4-20-15(18)17-13/h3-4,9-12,16H,1-2,5-8H2. The maximum absolute atomic E-state index is 12.2. The first-order valence-electron chi connectivity index (χ1n) is 7.45. The summed E-state index contributed by atoms with van der Waals surface area (Å²) in [6.07, 6.45) is 10.2. The lowest BCUT2D eigenvalue weighted by Crippen LogP contribution is -2.38. The zero-order valence-corrected chi connectivity index (χ0v) is 12.2. The number of rotatable bonds is 4. The molecular weight excluding hydrogens is 270 g/mol. The van der Waals surface area contributed by atoms with Gasteiger partial charge in [-0.2, -0.15) is 0 Å². The number of Topliss-reactive ketones (excluding diaryl/α,β-unsaturated/α-hetero) is 1. The minimum atomic E-state index is 0.349. The Kier molecular flexibility index (Phi) is 3.11. The molecule has 2 fully saturated rings. The largest absolute Gasteiger partial charge is 0.311 e. The summed E-state index contributed by atoms with van der Waals surface area (Å²) in [6.45, 7) is 0. The monoisotopic (exact) mass is 289 g/mol. The van der Waals surface area contributed by atoms with Crippen LogP contribution < -0.4 is 5.32 Å². The summed E-state index contributed by atoms with van der Waals surface area (Å²) >= 11 is 1.61. The molecule has 4 rings (SSSR count). The van der Waals surface area contributed by atoms with Crippen molar-refractivity contribution < 1.29 is 4.79 Å². The lowest BCUT2D eigenvalue weighted by atomic mass is 9.87. The van der Waals surface area contributed by atoms with Gasteiger partial charge in [-0.05, 0) is 31.6 Å². The van der Waals surface area contributed by atoms with Crippen molar-refractivity contribution in [3.8, 4) is 0 Å². The van der Waals surface area contributed by atoms with E-state index in [0.717, 1.165) is 17.1 Å². The molecule has 20 heavy (non-hydrogen) atoms. The highest BCUT2D eigenvalue weighted by atomic mass is 32.1. The normalized spacial score (nSPS) is 29.1. The van der Waals surface area contributed by atoms with Crippen molar-refractivity contribution in [2.45, 2.75) is 50.6 Å². The van der Waals surface area contributed by atoms with Crippen LogP contribution in [-0.2, 0) is 11.2 Å². The predicted molar refractivity (Wildman–Crippen MR) is 79.1 cm³/mol. The number of nitrogens with one attached hydrogen (secondary N) is 1. The molecule has 0 saturated carbocycles. The molecule has 5 heteroatoms. The molecule has 0 aliphatic carbocycles. The van der Waals surface area contributed by atoms with Gasteiger partial charge in [-0.1, -0.05) is 0 Å². The van der Waals surface area contributed by atoms with E-state index in [9.17, 15) is 4.79 Å². The molecule has 0 amide bonds. The van der Waals surface area contributed by atoms with Crippen LogP contribution in [0.1, 0.15) is 37.8 Å². The molecule has 2 aliphatic heterocycles. The topological polar surface area (TPSA) is 46.4 Å². The first-order valence-corrected chi connectivity index (χ1v) is 8.33. The highest BCUT2D eigenvalue weighted by Crippen LogP contribution is 2.32. The zero-order chi connectivity index (χ0) is 13.5. The molecule has 2 saturated heterocycles. The number of piperidine rings is 1. The maximum Gasteiger partial charge on any atom is 0.193 e. The Morgan fingerprint density at radius 3 is 2.95 bits per heavy atom. The first-order chi connectivity index (χ1) is 9.76. The van der Waals surface area contributed by atoms with Gasteiger partial charge in [-0.25, -0.2) is 4.98 Å². The molecule has 4 nitrogen and oxygen atoms in total. The van der Waals surface area contributed by atoms with Crippen molar-refractivity contribution in [2.75, 3.05) is 0 Å². The van der Waals surface area contributed by atoms with Crippen LogP contribution in [-0.4, -0.2) is 27.3 Å². The van der Waals surface area contributed by atoms with Crippen LogP contribution in [0.5, 0.6) is 0 Å². The second kappa shape index (κ2) is 4.97. The summed E-state index contributed by atoms with van der Waals surface area (Å²) in [6, 6.07) is 1.34. The number of hydrogen-bond acceptors (Lipinski definition) is 4. The van der Waals surface area contributed by atoms with E-state index < -0.39 is 0 Å². The predicted octanol–water partition coefficient (Wildman–Crippen LogP) is 2.43. The lowest BCUT2D eigenvalue weighted by Gasteiger charge is -2.28. The van der Waals surface area contributed by atoms with Gasteiger partial charge in [-0.15, -0.1) is 11.3 Å². The summed E-state index contributed by atoms with van der Waals surface area (Å²) < 4.78 is 2.00. The Morgan fingerprint density at radius 2 is 2.20 bits per heavy atom. The van der Waals surface area contributed by atoms with Gasteiger partial charge in [0.15, 0.2) is 4.96 Å². The van der Waals surface area contributed by atoms with Crippen molar-refractivity contribution in [3.05, 3.63) is 23.5 Å². The fraction of sp³-hybridized carbons (Fsp3) is 0.600. The van der Waals surface area contributed by atoms with Gasteiger partial charge in [0.1, 0.15) is 5.78 Å². The SMILES string of the molecule is O=C(Cc1cn2ccsc2n1)CC1CC2CCC(C1)N2. The molecule has 2 aromatic heterocycles. The van der Waals surface area contributed by atoms with Gasteiger partial charge in [0, 0.05) is 36.3 Å². The number of aromatic nitrogens is 2.